The molecule has 2 heterocycles. The number of carbonyl (C=O) groups excluding carboxylic acids is 1. The van der Waals surface area contributed by atoms with Crippen molar-refractivity contribution in [2.24, 2.45) is 0 Å². The summed E-state index contributed by atoms with van der Waals surface area (Å²) in [5.74, 6) is 1.19. The highest BCUT2D eigenvalue weighted by atomic mass is 16.5. The zero-order valence-electron chi connectivity index (χ0n) is 14.5. The van der Waals surface area contributed by atoms with E-state index in [0.717, 1.165) is 17.9 Å². The molecule has 0 aliphatic heterocycles. The largest absolute Gasteiger partial charge is 0.497 e. The van der Waals surface area contributed by atoms with Gasteiger partial charge in [-0.1, -0.05) is 6.92 Å². The third-order valence-electron chi connectivity index (χ3n) is 4.02. The first-order chi connectivity index (χ1) is 12.1. The molecule has 130 valence electrons. The number of aromatic nitrogens is 2. The van der Waals surface area contributed by atoms with Crippen LogP contribution in [0.5, 0.6) is 5.75 Å². The van der Waals surface area contributed by atoms with Gasteiger partial charge in [-0.05, 0) is 49.7 Å². The monoisotopic (exact) mass is 339 g/mol. The standard InChI is InChI=1S/C19H21N3O3/c1-4-13(2)20-19(23)17-12-16(18-6-5-11-25-18)21-22(17)14-7-9-15(24-3)10-8-14/h5-13H,4H2,1-3H3,(H,20,23)/t13-/m1/s1. The lowest BCUT2D eigenvalue weighted by atomic mass is 10.2. The van der Waals surface area contributed by atoms with E-state index in [9.17, 15) is 4.79 Å². The van der Waals surface area contributed by atoms with Crippen molar-refractivity contribution in [3.63, 3.8) is 0 Å². The maximum absolute atomic E-state index is 12.7. The maximum Gasteiger partial charge on any atom is 0.270 e. The molecule has 6 heteroatoms. The molecule has 0 aliphatic rings. The summed E-state index contributed by atoms with van der Waals surface area (Å²) in [6, 6.07) is 12.8. The minimum Gasteiger partial charge on any atom is -0.497 e. The van der Waals surface area contributed by atoms with E-state index < -0.39 is 0 Å². The predicted octanol–water partition coefficient (Wildman–Crippen LogP) is 3.67. The fourth-order valence-corrected chi connectivity index (χ4v) is 2.41. The summed E-state index contributed by atoms with van der Waals surface area (Å²) in [6.07, 6.45) is 2.44. The third kappa shape index (κ3) is 3.57. The number of methoxy groups -OCH3 is 1. The molecule has 0 aliphatic carbocycles. The van der Waals surface area contributed by atoms with Gasteiger partial charge in [-0.3, -0.25) is 4.79 Å². The number of nitrogens with one attached hydrogen (secondary N) is 1. The number of nitrogens with zero attached hydrogens (tertiary/aromatic N) is 2. The summed E-state index contributed by atoms with van der Waals surface area (Å²) in [5.41, 5.74) is 1.83. The molecule has 1 N–H and O–H groups in total. The van der Waals surface area contributed by atoms with Crippen molar-refractivity contribution in [2.75, 3.05) is 7.11 Å². The maximum atomic E-state index is 12.7. The van der Waals surface area contributed by atoms with Crippen LogP contribution in [0.4, 0.5) is 0 Å². The molecule has 0 unspecified atom stereocenters. The summed E-state index contributed by atoms with van der Waals surface area (Å²) in [7, 11) is 1.61. The zero-order chi connectivity index (χ0) is 17.8. The van der Waals surface area contributed by atoms with Crippen LogP contribution in [-0.4, -0.2) is 28.8 Å². The Bertz CT molecular complexity index is 835. The van der Waals surface area contributed by atoms with Gasteiger partial charge in [-0.15, -0.1) is 0 Å². The fourth-order valence-electron chi connectivity index (χ4n) is 2.41. The van der Waals surface area contributed by atoms with E-state index >= 15 is 0 Å². The number of ether oxygens (including phenoxy) is 1. The fraction of sp³-hybridized carbons (Fsp3) is 0.263. The Morgan fingerprint density at radius 3 is 2.68 bits per heavy atom. The summed E-state index contributed by atoms with van der Waals surface area (Å²) >= 11 is 0. The van der Waals surface area contributed by atoms with Crippen molar-refractivity contribution in [1.82, 2.24) is 15.1 Å². The van der Waals surface area contributed by atoms with Crippen LogP contribution >= 0.6 is 0 Å². The minimum absolute atomic E-state index is 0.0822. The molecular formula is C19H21N3O3. The van der Waals surface area contributed by atoms with Crippen LogP contribution in [0.1, 0.15) is 30.8 Å². The summed E-state index contributed by atoms with van der Waals surface area (Å²) in [6.45, 7) is 4.00. The van der Waals surface area contributed by atoms with Crippen LogP contribution in [0, 0.1) is 0 Å². The van der Waals surface area contributed by atoms with Gasteiger partial charge >= 0.3 is 0 Å². The number of benzene rings is 1. The summed E-state index contributed by atoms with van der Waals surface area (Å²) < 4.78 is 12.2. The van der Waals surface area contributed by atoms with Crippen molar-refractivity contribution >= 4 is 5.91 Å². The van der Waals surface area contributed by atoms with E-state index in [1.807, 2.05) is 44.2 Å². The molecule has 1 atom stereocenters. The van der Waals surface area contributed by atoms with Crippen LogP contribution in [-0.2, 0) is 0 Å². The van der Waals surface area contributed by atoms with Crippen LogP contribution < -0.4 is 10.1 Å². The van der Waals surface area contributed by atoms with Gasteiger partial charge < -0.3 is 14.5 Å². The number of carbonyl (C=O) groups is 1. The second kappa shape index (κ2) is 7.25. The Hall–Kier alpha value is -3.02. The SMILES string of the molecule is CC[C@@H](C)NC(=O)c1cc(-c2ccco2)nn1-c1ccc(OC)cc1. The molecule has 6 nitrogen and oxygen atoms in total. The van der Waals surface area contributed by atoms with Crippen LogP contribution in [0.3, 0.4) is 0 Å². The number of hydrogen-bond acceptors (Lipinski definition) is 4. The van der Waals surface area contributed by atoms with Crippen LogP contribution in [0.2, 0.25) is 0 Å². The first kappa shape index (κ1) is 16.8. The van der Waals surface area contributed by atoms with Gasteiger partial charge in [0, 0.05) is 12.1 Å². The average Bonchev–Trinajstić information content (AvgIpc) is 3.31. The van der Waals surface area contributed by atoms with E-state index in [1.165, 1.54) is 0 Å². The smallest absolute Gasteiger partial charge is 0.270 e. The first-order valence-corrected chi connectivity index (χ1v) is 8.21. The van der Waals surface area contributed by atoms with Crippen molar-refractivity contribution in [1.29, 1.82) is 0 Å². The number of furan rings is 1. The Kier molecular flexibility index (Phi) is 4.88. The minimum atomic E-state index is -0.171. The molecule has 0 bridgehead atoms. The lowest BCUT2D eigenvalue weighted by Gasteiger charge is -2.12. The van der Waals surface area contributed by atoms with Gasteiger partial charge in [-0.25, -0.2) is 4.68 Å². The number of amides is 1. The Morgan fingerprint density at radius 1 is 1.32 bits per heavy atom. The van der Waals surface area contributed by atoms with E-state index in [0.29, 0.717) is 17.1 Å². The molecule has 1 amide bonds. The molecular weight excluding hydrogens is 318 g/mol. The second-order valence-electron chi connectivity index (χ2n) is 5.78. The summed E-state index contributed by atoms with van der Waals surface area (Å²) in [4.78, 5) is 12.7. The average molecular weight is 339 g/mol. The molecule has 3 aromatic rings. The molecule has 0 saturated heterocycles. The Labute approximate surface area is 146 Å². The third-order valence-corrected chi connectivity index (χ3v) is 4.02. The molecule has 0 fully saturated rings. The highest BCUT2D eigenvalue weighted by Crippen LogP contribution is 2.23. The molecule has 1 aromatic carbocycles. The highest BCUT2D eigenvalue weighted by molar-refractivity contribution is 5.94. The zero-order valence-corrected chi connectivity index (χ0v) is 14.5. The van der Waals surface area contributed by atoms with Gasteiger partial charge in [0.25, 0.3) is 5.91 Å². The molecule has 0 radical (unpaired) electrons. The van der Waals surface area contributed by atoms with Crippen molar-refractivity contribution < 1.29 is 13.9 Å². The highest BCUT2D eigenvalue weighted by Gasteiger charge is 2.19. The molecule has 2 aromatic heterocycles. The lowest BCUT2D eigenvalue weighted by Crippen LogP contribution is -2.33. The van der Waals surface area contributed by atoms with Crippen LogP contribution in [0.15, 0.2) is 53.1 Å². The van der Waals surface area contributed by atoms with Crippen molar-refractivity contribution in [3.8, 4) is 22.9 Å². The topological polar surface area (TPSA) is 69.3 Å². The van der Waals surface area contributed by atoms with Gasteiger partial charge in [0.05, 0.1) is 19.1 Å². The van der Waals surface area contributed by atoms with E-state index in [-0.39, 0.29) is 11.9 Å². The lowest BCUT2D eigenvalue weighted by molar-refractivity contribution is 0.0931. The number of rotatable bonds is 6. The van der Waals surface area contributed by atoms with Crippen molar-refractivity contribution in [2.45, 2.75) is 26.3 Å². The van der Waals surface area contributed by atoms with Crippen molar-refractivity contribution in [3.05, 3.63) is 54.4 Å². The van der Waals surface area contributed by atoms with Gasteiger partial charge in [0.15, 0.2) is 5.76 Å². The Morgan fingerprint density at radius 2 is 2.08 bits per heavy atom. The van der Waals surface area contributed by atoms with Gasteiger partial charge in [0.1, 0.15) is 17.1 Å². The van der Waals surface area contributed by atoms with Gasteiger partial charge in [-0.2, -0.15) is 5.10 Å². The first-order valence-electron chi connectivity index (χ1n) is 8.21. The van der Waals surface area contributed by atoms with E-state index in [1.54, 1.807) is 30.2 Å². The van der Waals surface area contributed by atoms with Gasteiger partial charge in [0.2, 0.25) is 0 Å². The summed E-state index contributed by atoms with van der Waals surface area (Å²) in [5, 5.41) is 7.54. The predicted molar refractivity (Wildman–Crippen MR) is 95.0 cm³/mol. The number of hydrogen-bond donors (Lipinski definition) is 1. The van der Waals surface area contributed by atoms with E-state index in [2.05, 4.69) is 10.4 Å². The van der Waals surface area contributed by atoms with Crippen LogP contribution in [0.25, 0.3) is 17.1 Å². The Balaban J connectivity index is 2.03. The molecule has 0 spiro atoms. The van der Waals surface area contributed by atoms with E-state index in [4.69, 9.17) is 9.15 Å². The second-order valence-corrected chi connectivity index (χ2v) is 5.78. The molecule has 25 heavy (non-hydrogen) atoms. The normalized spacial score (nSPS) is 12.0. The quantitative estimate of drug-likeness (QED) is 0.744. The molecule has 0 saturated carbocycles. The molecule has 3 rings (SSSR count).